The van der Waals surface area contributed by atoms with E-state index >= 15 is 0 Å². The summed E-state index contributed by atoms with van der Waals surface area (Å²) in [5, 5.41) is 17.6. The zero-order chi connectivity index (χ0) is 20.5. The summed E-state index contributed by atoms with van der Waals surface area (Å²) < 4.78 is 7.68. The summed E-state index contributed by atoms with van der Waals surface area (Å²) in [4.78, 5) is 29.8. The Bertz CT molecular complexity index is 842. The predicted octanol–water partition coefficient (Wildman–Crippen LogP) is 0.542. The average Bonchev–Trinajstić information content (AvgIpc) is 3.40. The van der Waals surface area contributed by atoms with E-state index in [2.05, 4.69) is 15.4 Å². The number of rotatable bonds is 4. The molecule has 2 saturated heterocycles. The van der Waals surface area contributed by atoms with Gasteiger partial charge in [-0.1, -0.05) is 0 Å². The van der Waals surface area contributed by atoms with Gasteiger partial charge in [0.05, 0.1) is 23.3 Å². The van der Waals surface area contributed by atoms with Crippen LogP contribution in [-0.2, 0) is 16.1 Å². The number of hydrogen-bond donors (Lipinski definition) is 3. The first-order valence-electron chi connectivity index (χ1n) is 9.92. The van der Waals surface area contributed by atoms with Crippen LogP contribution in [0.25, 0.3) is 0 Å². The van der Waals surface area contributed by atoms with E-state index in [1.165, 1.54) is 0 Å². The van der Waals surface area contributed by atoms with Gasteiger partial charge in [-0.25, -0.2) is 0 Å². The number of nitrogens with one attached hydrogen (secondary N) is 2. The van der Waals surface area contributed by atoms with E-state index in [1.807, 2.05) is 11.8 Å². The highest BCUT2D eigenvalue weighted by Crippen LogP contribution is 2.39. The minimum Gasteiger partial charge on any atom is -0.388 e. The number of aliphatic hydroxyl groups excluding tert-OH is 1. The van der Waals surface area contributed by atoms with Crippen LogP contribution in [0, 0.1) is 0 Å². The number of likely N-dealkylation sites (tertiary alicyclic amines) is 1. The first-order chi connectivity index (χ1) is 13.9. The molecule has 0 radical (unpaired) electrons. The molecule has 4 heterocycles. The van der Waals surface area contributed by atoms with E-state index in [0.717, 1.165) is 0 Å². The summed E-state index contributed by atoms with van der Waals surface area (Å²) in [7, 11) is 0. The molecule has 4 rings (SSSR count). The van der Waals surface area contributed by atoms with Gasteiger partial charge in [-0.3, -0.25) is 14.3 Å². The molecule has 0 bridgehead atoms. The molecule has 2 aliphatic heterocycles. The van der Waals surface area contributed by atoms with Gasteiger partial charge in [-0.05, 0) is 31.9 Å². The van der Waals surface area contributed by atoms with E-state index < -0.39 is 17.2 Å². The van der Waals surface area contributed by atoms with E-state index in [9.17, 15) is 14.7 Å². The normalized spacial score (nSPS) is 26.4. The third-order valence-electron chi connectivity index (χ3n) is 6.12. The summed E-state index contributed by atoms with van der Waals surface area (Å²) in [5.74, 6) is -0.195. The van der Waals surface area contributed by atoms with Gasteiger partial charge in [0.1, 0.15) is 12.6 Å². The molecule has 2 aliphatic rings. The number of carbonyl (C=O) groups is 2. The second-order valence-electron chi connectivity index (χ2n) is 8.24. The quantitative estimate of drug-likeness (QED) is 0.692. The van der Waals surface area contributed by atoms with E-state index in [-0.39, 0.29) is 25.0 Å². The minimum absolute atomic E-state index is 0.0305. The Balaban J connectivity index is 1.38. The van der Waals surface area contributed by atoms with Crippen molar-refractivity contribution in [3.8, 4) is 0 Å². The Labute approximate surface area is 169 Å². The van der Waals surface area contributed by atoms with Crippen LogP contribution in [0.5, 0.6) is 0 Å². The molecule has 156 valence electrons. The highest BCUT2D eigenvalue weighted by Gasteiger charge is 2.50. The van der Waals surface area contributed by atoms with Gasteiger partial charge in [0.25, 0.3) is 5.91 Å². The Morgan fingerprint density at radius 1 is 1.41 bits per heavy atom. The molecule has 2 aromatic rings. The highest BCUT2D eigenvalue weighted by atomic mass is 16.5. The fourth-order valence-corrected chi connectivity index (χ4v) is 4.32. The Morgan fingerprint density at radius 2 is 2.21 bits per heavy atom. The lowest BCUT2D eigenvalue weighted by molar-refractivity contribution is -0.179. The molecule has 0 aromatic carbocycles. The molecule has 9 nitrogen and oxygen atoms in total. The molecule has 0 unspecified atom stereocenters. The van der Waals surface area contributed by atoms with Gasteiger partial charge >= 0.3 is 0 Å². The first kappa shape index (κ1) is 19.7. The lowest BCUT2D eigenvalue weighted by Crippen LogP contribution is -2.65. The Hall–Kier alpha value is -2.65. The highest BCUT2D eigenvalue weighted by molar-refractivity contribution is 5.94. The van der Waals surface area contributed by atoms with Gasteiger partial charge in [-0.2, -0.15) is 5.10 Å². The molecule has 1 spiro atoms. The maximum absolute atomic E-state index is 12.5. The molecule has 2 aromatic heterocycles. The maximum Gasteiger partial charge on any atom is 0.253 e. The second-order valence-corrected chi connectivity index (χ2v) is 8.24. The molecule has 0 aliphatic carbocycles. The molecule has 3 N–H and O–H groups in total. The van der Waals surface area contributed by atoms with Crippen LogP contribution in [0.1, 0.15) is 36.5 Å². The number of H-pyrrole nitrogens is 1. The van der Waals surface area contributed by atoms with E-state index in [1.54, 1.807) is 41.6 Å². The van der Waals surface area contributed by atoms with Gasteiger partial charge in [0.2, 0.25) is 5.91 Å². The van der Waals surface area contributed by atoms with Gasteiger partial charge in [0, 0.05) is 44.3 Å². The summed E-state index contributed by atoms with van der Waals surface area (Å²) in [6.07, 6.45) is 7.78. The number of aromatic nitrogens is 3. The van der Waals surface area contributed by atoms with Crippen molar-refractivity contribution in [2.24, 2.45) is 0 Å². The molecule has 2 atom stereocenters. The fraction of sp³-hybridized carbons (Fsp3) is 0.550. The van der Waals surface area contributed by atoms with Gasteiger partial charge < -0.3 is 25.0 Å². The lowest BCUT2D eigenvalue weighted by atomic mass is 9.74. The third kappa shape index (κ3) is 4.06. The average molecular weight is 401 g/mol. The number of piperidine rings is 1. The first-order valence-corrected chi connectivity index (χ1v) is 9.92. The Kier molecular flexibility index (Phi) is 5.18. The molecular weight excluding hydrogens is 374 g/mol. The van der Waals surface area contributed by atoms with Crippen molar-refractivity contribution in [3.63, 3.8) is 0 Å². The lowest BCUT2D eigenvalue weighted by Gasteiger charge is -2.52. The van der Waals surface area contributed by atoms with Crippen LogP contribution >= 0.6 is 0 Å². The molecule has 9 heteroatoms. The molecule has 2 amide bonds. The zero-order valence-corrected chi connectivity index (χ0v) is 16.5. The van der Waals surface area contributed by atoms with Crippen LogP contribution in [0.4, 0.5) is 0 Å². The molecule has 2 fully saturated rings. The number of aliphatic hydroxyl groups is 1. The van der Waals surface area contributed by atoms with Crippen LogP contribution in [0.2, 0.25) is 0 Å². The third-order valence-corrected chi connectivity index (χ3v) is 6.12. The minimum atomic E-state index is -0.798. The van der Waals surface area contributed by atoms with Gasteiger partial charge in [0.15, 0.2) is 0 Å². The van der Waals surface area contributed by atoms with Crippen LogP contribution < -0.4 is 5.32 Å². The van der Waals surface area contributed by atoms with Crippen molar-refractivity contribution in [1.29, 1.82) is 0 Å². The number of aromatic amines is 1. The maximum atomic E-state index is 12.5. The van der Waals surface area contributed by atoms with Crippen molar-refractivity contribution in [1.82, 2.24) is 25.0 Å². The number of carbonyl (C=O) groups excluding carboxylic acids is 2. The van der Waals surface area contributed by atoms with Crippen LogP contribution in [0.15, 0.2) is 36.9 Å². The van der Waals surface area contributed by atoms with Crippen molar-refractivity contribution in [3.05, 3.63) is 42.5 Å². The van der Waals surface area contributed by atoms with Crippen LogP contribution in [-0.4, -0.2) is 73.5 Å². The van der Waals surface area contributed by atoms with Crippen molar-refractivity contribution in [2.75, 3.05) is 19.7 Å². The summed E-state index contributed by atoms with van der Waals surface area (Å²) >= 11 is 0. The van der Waals surface area contributed by atoms with Crippen molar-refractivity contribution in [2.45, 2.75) is 50.0 Å². The SMILES string of the molecule is C[C@@]1(NC(=O)c2cc[nH]c2)CC2(CCN(C(=O)Cn3cccn3)CC2)OC[C@H]1O. The smallest absolute Gasteiger partial charge is 0.253 e. The second kappa shape index (κ2) is 7.64. The fourth-order valence-electron chi connectivity index (χ4n) is 4.32. The van der Waals surface area contributed by atoms with Crippen molar-refractivity contribution >= 4 is 11.8 Å². The Morgan fingerprint density at radius 3 is 2.86 bits per heavy atom. The molecule has 29 heavy (non-hydrogen) atoms. The number of hydrogen-bond acceptors (Lipinski definition) is 5. The van der Waals surface area contributed by atoms with Gasteiger partial charge in [-0.15, -0.1) is 0 Å². The van der Waals surface area contributed by atoms with E-state index in [0.29, 0.717) is 37.9 Å². The standard InChI is InChI=1S/C20H27N5O4/c1-19(23-18(28)15-3-7-21-11-15)14-20(29-13-16(19)26)4-9-24(10-5-20)17(27)12-25-8-2-6-22-25/h2-3,6-8,11,16,21,26H,4-5,9-10,12-14H2,1H3,(H,23,28)/t16-,19-/m1/s1. The largest absolute Gasteiger partial charge is 0.388 e. The monoisotopic (exact) mass is 401 g/mol. The number of amides is 2. The van der Waals surface area contributed by atoms with Crippen molar-refractivity contribution < 1.29 is 19.4 Å². The predicted molar refractivity (Wildman–Crippen MR) is 104 cm³/mol. The zero-order valence-electron chi connectivity index (χ0n) is 16.5. The number of nitrogens with zero attached hydrogens (tertiary/aromatic N) is 3. The summed E-state index contributed by atoms with van der Waals surface area (Å²) in [6.45, 7) is 3.41. The molecular formula is C20H27N5O4. The molecule has 0 saturated carbocycles. The number of ether oxygens (including phenoxy) is 1. The van der Waals surface area contributed by atoms with E-state index in [4.69, 9.17) is 4.74 Å². The van der Waals surface area contributed by atoms with Crippen LogP contribution in [0.3, 0.4) is 0 Å². The summed E-state index contributed by atoms with van der Waals surface area (Å²) in [5.41, 5.74) is -0.728. The summed E-state index contributed by atoms with van der Waals surface area (Å²) in [6, 6.07) is 3.49. The topological polar surface area (TPSA) is 112 Å².